The molecule has 1 rings (SSSR count). The van der Waals surface area contributed by atoms with Crippen LogP contribution in [0.2, 0.25) is 0 Å². The fourth-order valence-electron chi connectivity index (χ4n) is 1.45. The molecule has 0 saturated heterocycles. The Hall–Kier alpha value is -1.24. The van der Waals surface area contributed by atoms with E-state index in [0.29, 0.717) is 18.7 Å². The van der Waals surface area contributed by atoms with Gasteiger partial charge in [0.15, 0.2) is 6.29 Å². The van der Waals surface area contributed by atoms with E-state index in [9.17, 15) is 8.78 Å². The van der Waals surface area contributed by atoms with Crippen molar-refractivity contribution in [2.24, 2.45) is 0 Å². The first-order valence-electron chi connectivity index (χ1n) is 5.46. The number of benzene rings is 1. The Kier molecular flexibility index (Phi) is 6.56. The summed E-state index contributed by atoms with van der Waals surface area (Å²) in [6.07, 6.45) is -0.367. The van der Waals surface area contributed by atoms with Crippen LogP contribution in [0.25, 0.3) is 0 Å². The molecule has 1 N–H and O–H groups in total. The number of hydrogen-bond donors (Lipinski definition) is 1. The molecule has 0 fully saturated rings. The van der Waals surface area contributed by atoms with E-state index < -0.39 is 6.61 Å². The molecule has 0 heterocycles. The fourth-order valence-corrected chi connectivity index (χ4v) is 1.45. The summed E-state index contributed by atoms with van der Waals surface area (Å²) in [5, 5.41) is 3.04. The Bertz CT molecular complexity index is 346. The average molecular weight is 261 g/mol. The highest BCUT2D eigenvalue weighted by atomic mass is 19.3. The van der Waals surface area contributed by atoms with Gasteiger partial charge in [0.05, 0.1) is 0 Å². The SMILES string of the molecule is COC(CNCc1ccccc1OC(F)F)OC. The number of rotatable bonds is 8. The van der Waals surface area contributed by atoms with Gasteiger partial charge >= 0.3 is 6.61 Å². The molecule has 0 aliphatic rings. The highest BCUT2D eigenvalue weighted by Gasteiger charge is 2.09. The van der Waals surface area contributed by atoms with Gasteiger partial charge in [0.1, 0.15) is 5.75 Å². The molecule has 0 atom stereocenters. The minimum Gasteiger partial charge on any atom is -0.434 e. The highest BCUT2D eigenvalue weighted by Crippen LogP contribution is 2.19. The molecule has 0 saturated carbocycles. The van der Waals surface area contributed by atoms with Gasteiger partial charge in [-0.2, -0.15) is 8.78 Å². The zero-order valence-electron chi connectivity index (χ0n) is 10.4. The second-order valence-electron chi connectivity index (χ2n) is 3.52. The van der Waals surface area contributed by atoms with Crippen LogP contribution in [0.5, 0.6) is 5.75 Å². The number of hydrogen-bond acceptors (Lipinski definition) is 4. The van der Waals surface area contributed by atoms with E-state index >= 15 is 0 Å². The van der Waals surface area contributed by atoms with Crippen LogP contribution in [0, 0.1) is 0 Å². The molecule has 0 spiro atoms. The maximum atomic E-state index is 12.2. The summed E-state index contributed by atoms with van der Waals surface area (Å²) >= 11 is 0. The van der Waals surface area contributed by atoms with Crippen molar-refractivity contribution >= 4 is 0 Å². The minimum absolute atomic E-state index is 0.173. The Balaban J connectivity index is 2.50. The third-order valence-electron chi connectivity index (χ3n) is 2.34. The first kappa shape index (κ1) is 14.8. The van der Waals surface area contributed by atoms with Gasteiger partial charge in [-0.15, -0.1) is 0 Å². The Morgan fingerprint density at radius 2 is 1.83 bits per heavy atom. The average Bonchev–Trinajstić information content (AvgIpc) is 2.36. The van der Waals surface area contributed by atoms with E-state index in [2.05, 4.69) is 10.1 Å². The molecule has 0 bridgehead atoms. The molecule has 0 unspecified atom stereocenters. The van der Waals surface area contributed by atoms with Crippen LogP contribution in [-0.2, 0) is 16.0 Å². The second-order valence-corrected chi connectivity index (χ2v) is 3.52. The Labute approximate surface area is 105 Å². The largest absolute Gasteiger partial charge is 0.434 e. The lowest BCUT2D eigenvalue weighted by Gasteiger charge is -2.15. The van der Waals surface area contributed by atoms with Crippen molar-refractivity contribution < 1.29 is 23.0 Å². The topological polar surface area (TPSA) is 39.7 Å². The standard InChI is InChI=1S/C12H17F2NO3/c1-16-11(17-2)8-15-7-9-5-3-4-6-10(9)18-12(13)14/h3-6,11-12,15H,7-8H2,1-2H3. The molecule has 102 valence electrons. The van der Waals surface area contributed by atoms with Crippen LogP contribution >= 0.6 is 0 Å². The third-order valence-corrected chi connectivity index (χ3v) is 2.34. The highest BCUT2D eigenvalue weighted by molar-refractivity contribution is 5.33. The summed E-state index contributed by atoms with van der Waals surface area (Å²) < 4.78 is 38.8. The first-order valence-corrected chi connectivity index (χ1v) is 5.46. The Morgan fingerprint density at radius 1 is 1.17 bits per heavy atom. The lowest BCUT2D eigenvalue weighted by atomic mass is 10.2. The molecule has 0 aromatic heterocycles. The van der Waals surface area contributed by atoms with Crippen LogP contribution in [0.1, 0.15) is 5.56 Å². The molecular formula is C12H17F2NO3. The van der Waals surface area contributed by atoms with Crippen LogP contribution < -0.4 is 10.1 Å². The monoisotopic (exact) mass is 261 g/mol. The van der Waals surface area contributed by atoms with Crippen LogP contribution in [-0.4, -0.2) is 33.7 Å². The van der Waals surface area contributed by atoms with Crippen molar-refractivity contribution in [3.63, 3.8) is 0 Å². The number of alkyl halides is 2. The maximum absolute atomic E-state index is 12.2. The summed E-state index contributed by atoms with van der Waals surface area (Å²) in [5.41, 5.74) is 0.656. The molecule has 0 radical (unpaired) electrons. The van der Waals surface area contributed by atoms with Crippen LogP contribution in [0.15, 0.2) is 24.3 Å². The van der Waals surface area contributed by atoms with E-state index in [1.54, 1.807) is 18.2 Å². The number of para-hydroxylation sites is 1. The molecule has 0 amide bonds. The van der Waals surface area contributed by atoms with E-state index in [1.165, 1.54) is 20.3 Å². The van der Waals surface area contributed by atoms with E-state index in [1.807, 2.05) is 0 Å². The fraction of sp³-hybridized carbons (Fsp3) is 0.500. The first-order chi connectivity index (χ1) is 8.67. The summed E-state index contributed by atoms with van der Waals surface area (Å²) in [7, 11) is 3.06. The zero-order valence-corrected chi connectivity index (χ0v) is 10.4. The lowest BCUT2D eigenvalue weighted by Crippen LogP contribution is -2.29. The number of methoxy groups -OCH3 is 2. The molecule has 4 nitrogen and oxygen atoms in total. The Morgan fingerprint density at radius 3 is 2.44 bits per heavy atom. The van der Waals surface area contributed by atoms with Gasteiger partial charge in [-0.05, 0) is 6.07 Å². The molecule has 0 aliphatic heterocycles. The predicted octanol–water partition coefficient (Wildman–Crippen LogP) is 2.00. The number of ether oxygens (including phenoxy) is 3. The normalized spacial score (nSPS) is 11.2. The van der Waals surface area contributed by atoms with Crippen molar-refractivity contribution in [2.45, 2.75) is 19.4 Å². The molecule has 18 heavy (non-hydrogen) atoms. The van der Waals surface area contributed by atoms with Gasteiger partial charge in [-0.3, -0.25) is 0 Å². The quantitative estimate of drug-likeness (QED) is 0.726. The third kappa shape index (κ3) is 4.95. The van der Waals surface area contributed by atoms with Crippen molar-refractivity contribution in [2.75, 3.05) is 20.8 Å². The molecule has 6 heteroatoms. The molecule has 1 aromatic rings. The smallest absolute Gasteiger partial charge is 0.387 e. The summed E-state index contributed by atoms with van der Waals surface area (Å²) in [6, 6.07) is 6.64. The van der Waals surface area contributed by atoms with Crippen molar-refractivity contribution in [3.8, 4) is 5.75 Å². The summed E-state index contributed by atoms with van der Waals surface area (Å²) in [5.74, 6) is 0.173. The van der Waals surface area contributed by atoms with Gasteiger partial charge in [-0.1, -0.05) is 18.2 Å². The van der Waals surface area contributed by atoms with Gasteiger partial charge in [0, 0.05) is 32.9 Å². The van der Waals surface area contributed by atoms with E-state index in [4.69, 9.17) is 9.47 Å². The van der Waals surface area contributed by atoms with Gasteiger partial charge in [-0.25, -0.2) is 0 Å². The van der Waals surface area contributed by atoms with Crippen molar-refractivity contribution in [3.05, 3.63) is 29.8 Å². The second kappa shape index (κ2) is 7.97. The molecular weight excluding hydrogens is 244 g/mol. The van der Waals surface area contributed by atoms with Crippen LogP contribution in [0.4, 0.5) is 8.78 Å². The zero-order chi connectivity index (χ0) is 13.4. The summed E-state index contributed by atoms with van der Waals surface area (Å²) in [6.45, 7) is -1.97. The minimum atomic E-state index is -2.82. The molecule has 1 aromatic carbocycles. The van der Waals surface area contributed by atoms with Gasteiger partial charge < -0.3 is 19.5 Å². The van der Waals surface area contributed by atoms with Gasteiger partial charge in [0.2, 0.25) is 0 Å². The lowest BCUT2D eigenvalue weighted by molar-refractivity contribution is -0.0989. The van der Waals surface area contributed by atoms with E-state index in [0.717, 1.165) is 0 Å². The van der Waals surface area contributed by atoms with Crippen LogP contribution in [0.3, 0.4) is 0 Å². The summed E-state index contributed by atoms with van der Waals surface area (Å²) in [4.78, 5) is 0. The van der Waals surface area contributed by atoms with Crippen molar-refractivity contribution in [1.29, 1.82) is 0 Å². The number of nitrogens with one attached hydrogen (secondary N) is 1. The molecule has 0 aliphatic carbocycles. The van der Waals surface area contributed by atoms with Crippen molar-refractivity contribution in [1.82, 2.24) is 5.32 Å². The number of halogens is 2. The predicted molar refractivity (Wildman–Crippen MR) is 62.6 cm³/mol. The van der Waals surface area contributed by atoms with Gasteiger partial charge in [0.25, 0.3) is 0 Å². The van der Waals surface area contributed by atoms with E-state index in [-0.39, 0.29) is 12.0 Å². The maximum Gasteiger partial charge on any atom is 0.387 e.